The lowest BCUT2D eigenvalue weighted by Crippen LogP contribution is -2.11. The Balaban J connectivity index is 2.08. The van der Waals surface area contributed by atoms with Gasteiger partial charge in [0.25, 0.3) is 5.91 Å². The smallest absolute Gasteiger partial charge is 0.286 e. The summed E-state index contributed by atoms with van der Waals surface area (Å²) in [6, 6.07) is 5.94. The zero-order valence-electron chi connectivity index (χ0n) is 11.5. The lowest BCUT2D eigenvalue weighted by atomic mass is 10.3. The summed E-state index contributed by atoms with van der Waals surface area (Å²) in [5.74, 6) is -0.385. The van der Waals surface area contributed by atoms with E-state index in [2.05, 4.69) is 20.8 Å². The summed E-state index contributed by atoms with van der Waals surface area (Å²) >= 11 is 1.15. The van der Waals surface area contributed by atoms with Gasteiger partial charge in [0.2, 0.25) is 10.1 Å². The van der Waals surface area contributed by atoms with Gasteiger partial charge in [-0.3, -0.25) is 4.79 Å². The minimum atomic E-state index is -3.24. The van der Waals surface area contributed by atoms with Crippen molar-refractivity contribution in [2.45, 2.75) is 11.8 Å². The van der Waals surface area contributed by atoms with Gasteiger partial charge in [0, 0.05) is 18.5 Å². The van der Waals surface area contributed by atoms with Crippen molar-refractivity contribution in [1.82, 2.24) is 10.2 Å². The number of nitrogens with one attached hydrogen (secondary N) is 2. The van der Waals surface area contributed by atoms with Gasteiger partial charge in [0.1, 0.15) is 0 Å². The van der Waals surface area contributed by atoms with E-state index >= 15 is 0 Å². The van der Waals surface area contributed by atoms with Gasteiger partial charge in [-0.2, -0.15) is 0 Å². The highest BCUT2D eigenvalue weighted by atomic mass is 32.2. The fraction of sp³-hybridized carbons (Fsp3) is 0.250. The van der Waals surface area contributed by atoms with E-state index in [1.807, 2.05) is 6.92 Å². The molecular formula is C12H14N4O3S2. The van der Waals surface area contributed by atoms with Crippen LogP contribution in [0.1, 0.15) is 16.7 Å². The maximum atomic E-state index is 12.0. The molecule has 0 spiro atoms. The molecule has 112 valence electrons. The minimum absolute atomic E-state index is 0.200. The molecule has 1 heterocycles. The summed E-state index contributed by atoms with van der Waals surface area (Å²) in [5.41, 5.74) is 0.493. The molecule has 0 radical (unpaired) electrons. The molecule has 2 N–H and O–H groups in total. The van der Waals surface area contributed by atoms with Crippen LogP contribution in [0.2, 0.25) is 0 Å². The number of carbonyl (C=O) groups is 1. The van der Waals surface area contributed by atoms with Crippen LogP contribution in [0.25, 0.3) is 0 Å². The average molecular weight is 326 g/mol. The number of amides is 1. The predicted molar refractivity (Wildman–Crippen MR) is 81.6 cm³/mol. The van der Waals surface area contributed by atoms with Crippen LogP contribution in [0, 0.1) is 0 Å². The summed E-state index contributed by atoms with van der Waals surface area (Å²) in [6.45, 7) is 2.62. The molecule has 0 aliphatic rings. The molecule has 1 aromatic heterocycles. The third-order valence-corrected chi connectivity index (χ3v) is 4.50. The average Bonchev–Trinajstić information content (AvgIpc) is 2.87. The number of rotatable bonds is 5. The van der Waals surface area contributed by atoms with Gasteiger partial charge in [0.15, 0.2) is 9.84 Å². The monoisotopic (exact) mass is 326 g/mol. The normalized spacial score (nSPS) is 11.1. The van der Waals surface area contributed by atoms with Crippen LogP contribution in [-0.2, 0) is 9.84 Å². The Kier molecular flexibility index (Phi) is 4.53. The van der Waals surface area contributed by atoms with Crippen molar-refractivity contribution in [3.8, 4) is 0 Å². The minimum Gasteiger partial charge on any atom is -0.360 e. The highest BCUT2D eigenvalue weighted by Gasteiger charge is 2.13. The first-order chi connectivity index (χ1) is 9.90. The van der Waals surface area contributed by atoms with Crippen molar-refractivity contribution in [3.63, 3.8) is 0 Å². The van der Waals surface area contributed by atoms with Crippen molar-refractivity contribution < 1.29 is 13.2 Å². The Labute approximate surface area is 126 Å². The summed E-state index contributed by atoms with van der Waals surface area (Å²) in [5, 5.41) is 14.0. The van der Waals surface area contributed by atoms with Gasteiger partial charge in [-0.05, 0) is 31.2 Å². The van der Waals surface area contributed by atoms with Crippen LogP contribution in [0.5, 0.6) is 0 Å². The molecule has 0 unspecified atom stereocenters. The van der Waals surface area contributed by atoms with Gasteiger partial charge >= 0.3 is 0 Å². The zero-order valence-corrected chi connectivity index (χ0v) is 13.1. The fourth-order valence-corrected chi connectivity index (χ4v) is 2.84. The number of hydrogen-bond donors (Lipinski definition) is 2. The first-order valence-electron chi connectivity index (χ1n) is 6.09. The second kappa shape index (κ2) is 6.19. The van der Waals surface area contributed by atoms with Gasteiger partial charge in [-0.15, -0.1) is 10.2 Å². The molecule has 2 aromatic rings. The van der Waals surface area contributed by atoms with Crippen molar-refractivity contribution in [2.75, 3.05) is 23.4 Å². The third-order valence-electron chi connectivity index (χ3n) is 2.49. The van der Waals surface area contributed by atoms with Crippen molar-refractivity contribution in [2.24, 2.45) is 0 Å². The van der Waals surface area contributed by atoms with E-state index in [1.165, 1.54) is 24.3 Å². The summed E-state index contributed by atoms with van der Waals surface area (Å²) in [7, 11) is -3.24. The molecule has 1 aromatic carbocycles. The van der Waals surface area contributed by atoms with E-state index in [4.69, 9.17) is 0 Å². The highest BCUT2D eigenvalue weighted by Crippen LogP contribution is 2.18. The van der Waals surface area contributed by atoms with Crippen LogP contribution >= 0.6 is 11.3 Å². The molecular weight excluding hydrogens is 312 g/mol. The number of sulfone groups is 1. The molecule has 9 heteroatoms. The standard InChI is InChI=1S/C12H14N4O3S2/c1-3-13-12-16-15-11(20-12)10(17)14-8-4-6-9(7-5-8)21(2,18)19/h4-7H,3H2,1-2H3,(H,13,16)(H,14,17). The number of aromatic nitrogens is 2. The summed E-state index contributed by atoms with van der Waals surface area (Å²) in [6.07, 6.45) is 1.13. The molecule has 1 amide bonds. The van der Waals surface area contributed by atoms with E-state index in [-0.39, 0.29) is 15.8 Å². The van der Waals surface area contributed by atoms with Crippen molar-refractivity contribution >= 4 is 37.9 Å². The van der Waals surface area contributed by atoms with Gasteiger partial charge in [-0.1, -0.05) is 11.3 Å². The maximum absolute atomic E-state index is 12.0. The summed E-state index contributed by atoms with van der Waals surface area (Å²) in [4.78, 5) is 12.2. The van der Waals surface area contributed by atoms with E-state index in [0.29, 0.717) is 17.4 Å². The predicted octanol–water partition coefficient (Wildman–Crippen LogP) is 1.63. The Hall–Kier alpha value is -2.00. The van der Waals surface area contributed by atoms with Gasteiger partial charge < -0.3 is 10.6 Å². The van der Waals surface area contributed by atoms with E-state index in [0.717, 1.165) is 17.6 Å². The second-order valence-electron chi connectivity index (χ2n) is 4.19. The first-order valence-corrected chi connectivity index (χ1v) is 8.80. The van der Waals surface area contributed by atoms with E-state index in [1.54, 1.807) is 0 Å². The van der Waals surface area contributed by atoms with Crippen LogP contribution in [-0.4, -0.2) is 37.3 Å². The molecule has 21 heavy (non-hydrogen) atoms. The lowest BCUT2D eigenvalue weighted by molar-refractivity contribution is 0.102. The maximum Gasteiger partial charge on any atom is 0.286 e. The van der Waals surface area contributed by atoms with Crippen LogP contribution in [0.4, 0.5) is 10.8 Å². The number of carbonyl (C=O) groups excluding carboxylic acids is 1. The number of anilines is 2. The molecule has 0 aliphatic heterocycles. The van der Waals surface area contributed by atoms with Crippen LogP contribution in [0.15, 0.2) is 29.2 Å². The second-order valence-corrected chi connectivity index (χ2v) is 7.19. The van der Waals surface area contributed by atoms with Crippen molar-refractivity contribution in [1.29, 1.82) is 0 Å². The molecule has 0 atom stereocenters. The van der Waals surface area contributed by atoms with E-state index in [9.17, 15) is 13.2 Å². The van der Waals surface area contributed by atoms with Gasteiger partial charge in [0.05, 0.1) is 4.90 Å². The van der Waals surface area contributed by atoms with Gasteiger partial charge in [-0.25, -0.2) is 8.42 Å². The SMILES string of the molecule is CCNc1nnc(C(=O)Nc2ccc(S(C)(=O)=O)cc2)s1. The topological polar surface area (TPSA) is 101 Å². The van der Waals surface area contributed by atoms with E-state index < -0.39 is 9.84 Å². The first kappa shape index (κ1) is 15.4. The Morgan fingerprint density at radius 1 is 1.24 bits per heavy atom. The molecule has 0 saturated heterocycles. The van der Waals surface area contributed by atoms with Crippen LogP contribution in [0.3, 0.4) is 0 Å². The lowest BCUT2D eigenvalue weighted by Gasteiger charge is -2.03. The fourth-order valence-electron chi connectivity index (χ4n) is 1.51. The molecule has 7 nitrogen and oxygen atoms in total. The van der Waals surface area contributed by atoms with Crippen molar-refractivity contribution in [3.05, 3.63) is 29.3 Å². The molecule has 2 rings (SSSR count). The summed E-state index contributed by atoms with van der Waals surface area (Å²) < 4.78 is 22.7. The molecule has 0 fully saturated rings. The number of nitrogens with zero attached hydrogens (tertiary/aromatic N) is 2. The largest absolute Gasteiger partial charge is 0.360 e. The molecule has 0 aliphatic carbocycles. The number of benzene rings is 1. The number of hydrogen-bond acceptors (Lipinski definition) is 7. The zero-order chi connectivity index (χ0) is 15.5. The van der Waals surface area contributed by atoms with Crippen LogP contribution < -0.4 is 10.6 Å². The highest BCUT2D eigenvalue weighted by molar-refractivity contribution is 7.90. The Morgan fingerprint density at radius 3 is 2.48 bits per heavy atom. The Bertz CT molecular complexity index is 738. The Morgan fingerprint density at radius 2 is 1.90 bits per heavy atom. The molecule has 0 bridgehead atoms. The molecule has 0 saturated carbocycles. The third kappa shape index (κ3) is 3.99. The quantitative estimate of drug-likeness (QED) is 0.866.